The third kappa shape index (κ3) is 3.64. The molecule has 1 fully saturated rings. The number of nitrogens with zero attached hydrogens (tertiary/aromatic N) is 5. The number of methoxy groups -OCH3 is 1. The third-order valence-electron chi connectivity index (χ3n) is 6.74. The van der Waals surface area contributed by atoms with Crippen LogP contribution in [0, 0.1) is 5.92 Å². The molecule has 9 heteroatoms. The Bertz CT molecular complexity index is 1690. The number of aromatic nitrogens is 5. The van der Waals surface area contributed by atoms with Gasteiger partial charge in [0.15, 0.2) is 0 Å². The Morgan fingerprint density at radius 2 is 1.89 bits per heavy atom. The van der Waals surface area contributed by atoms with Gasteiger partial charge in [-0.3, -0.25) is 14.3 Å². The van der Waals surface area contributed by atoms with Crippen molar-refractivity contribution in [3.63, 3.8) is 0 Å². The van der Waals surface area contributed by atoms with Gasteiger partial charge < -0.3 is 14.6 Å². The van der Waals surface area contributed by atoms with E-state index in [9.17, 15) is 9.59 Å². The van der Waals surface area contributed by atoms with Crippen molar-refractivity contribution in [1.29, 1.82) is 0 Å². The highest BCUT2D eigenvalue weighted by atomic mass is 16.5. The summed E-state index contributed by atoms with van der Waals surface area (Å²) in [5.74, 6) is 0.999. The molecule has 1 N–H and O–H groups in total. The van der Waals surface area contributed by atoms with E-state index in [1.165, 1.54) is 4.68 Å². The molecule has 182 valence electrons. The molecule has 0 atom stereocenters. The first-order chi connectivity index (χ1) is 17.5. The fourth-order valence-electron chi connectivity index (χ4n) is 4.75. The summed E-state index contributed by atoms with van der Waals surface area (Å²) in [7, 11) is 5.07. The number of carbonyl (C=O) groups excluding carboxylic acids is 1. The van der Waals surface area contributed by atoms with Crippen molar-refractivity contribution in [2.75, 3.05) is 14.2 Å². The lowest BCUT2D eigenvalue weighted by Crippen LogP contribution is -2.24. The second-order valence-corrected chi connectivity index (χ2v) is 9.28. The molecule has 36 heavy (non-hydrogen) atoms. The van der Waals surface area contributed by atoms with E-state index in [4.69, 9.17) is 9.84 Å². The zero-order valence-corrected chi connectivity index (χ0v) is 20.4. The predicted molar refractivity (Wildman–Crippen MR) is 138 cm³/mol. The quantitative estimate of drug-likeness (QED) is 0.400. The van der Waals surface area contributed by atoms with Crippen LogP contribution in [0.2, 0.25) is 0 Å². The summed E-state index contributed by atoms with van der Waals surface area (Å²) in [4.78, 5) is 27.0. The molecule has 1 aliphatic carbocycles. The highest BCUT2D eigenvalue weighted by Crippen LogP contribution is 2.35. The van der Waals surface area contributed by atoms with Gasteiger partial charge in [0.05, 0.1) is 35.0 Å². The van der Waals surface area contributed by atoms with Crippen molar-refractivity contribution in [3.05, 3.63) is 70.8 Å². The van der Waals surface area contributed by atoms with Gasteiger partial charge in [0.25, 0.3) is 11.5 Å². The first kappa shape index (κ1) is 22.1. The molecule has 1 aliphatic rings. The van der Waals surface area contributed by atoms with E-state index < -0.39 is 0 Å². The standard InChI is InChI=1S/C27H26N6O3/c1-28-26(34)21-15-32(13-16-4-5-16)25-23(17-6-9-20(36-3)10-7-17)27(35)33(30-24(21)25)19-8-11-22-18(12-19)14-31(2)29-22/h6-12,14-16H,4-5,13H2,1-3H3,(H,28,34). The molecule has 3 aromatic heterocycles. The topological polar surface area (TPSA) is 96.0 Å². The number of amides is 1. The van der Waals surface area contributed by atoms with E-state index in [1.54, 1.807) is 18.8 Å². The van der Waals surface area contributed by atoms with Crippen molar-refractivity contribution < 1.29 is 9.53 Å². The van der Waals surface area contributed by atoms with Gasteiger partial charge in [-0.1, -0.05) is 12.1 Å². The van der Waals surface area contributed by atoms with Crippen LogP contribution in [0.1, 0.15) is 23.2 Å². The van der Waals surface area contributed by atoms with Crippen LogP contribution in [-0.2, 0) is 13.6 Å². The number of nitrogens with one attached hydrogen (secondary N) is 1. The van der Waals surface area contributed by atoms with Crippen LogP contribution >= 0.6 is 0 Å². The van der Waals surface area contributed by atoms with Crippen LogP contribution in [0.15, 0.2) is 59.7 Å². The summed E-state index contributed by atoms with van der Waals surface area (Å²) in [6, 6.07) is 13.0. The van der Waals surface area contributed by atoms with E-state index in [0.29, 0.717) is 39.5 Å². The Morgan fingerprint density at radius 1 is 1.11 bits per heavy atom. The monoisotopic (exact) mass is 482 g/mol. The minimum Gasteiger partial charge on any atom is -0.497 e. The molecule has 0 spiro atoms. The van der Waals surface area contributed by atoms with E-state index in [-0.39, 0.29) is 11.5 Å². The number of hydrogen-bond donors (Lipinski definition) is 1. The number of ether oxygens (including phenoxy) is 1. The number of benzene rings is 2. The Labute approximate surface area is 206 Å². The van der Waals surface area contributed by atoms with Crippen LogP contribution in [0.5, 0.6) is 5.75 Å². The molecule has 1 amide bonds. The van der Waals surface area contributed by atoms with Crippen LogP contribution in [0.3, 0.4) is 0 Å². The number of fused-ring (bicyclic) bond motifs is 2. The van der Waals surface area contributed by atoms with E-state index in [1.807, 2.05) is 66.5 Å². The molecule has 2 aromatic carbocycles. The van der Waals surface area contributed by atoms with Crippen LogP contribution < -0.4 is 15.6 Å². The van der Waals surface area contributed by atoms with E-state index in [2.05, 4.69) is 10.4 Å². The molecule has 0 radical (unpaired) electrons. The minimum atomic E-state index is -0.255. The molecule has 0 unspecified atom stereocenters. The Hall–Kier alpha value is -4.40. The predicted octanol–water partition coefficient (Wildman–Crippen LogP) is 3.52. The second-order valence-electron chi connectivity index (χ2n) is 9.28. The average Bonchev–Trinajstić information content (AvgIpc) is 3.53. The fraction of sp³-hybridized carbons (Fsp3) is 0.259. The molecule has 5 aromatic rings. The van der Waals surface area contributed by atoms with Crippen molar-refractivity contribution in [1.82, 2.24) is 29.4 Å². The first-order valence-corrected chi connectivity index (χ1v) is 11.9. The summed E-state index contributed by atoms with van der Waals surface area (Å²) >= 11 is 0. The van der Waals surface area contributed by atoms with Gasteiger partial charge in [-0.25, -0.2) is 0 Å². The maximum absolute atomic E-state index is 14.1. The second kappa shape index (κ2) is 8.37. The lowest BCUT2D eigenvalue weighted by molar-refractivity contribution is 0.0964. The Balaban J connectivity index is 1.68. The smallest absolute Gasteiger partial charge is 0.281 e. The highest BCUT2D eigenvalue weighted by molar-refractivity contribution is 6.08. The zero-order chi connectivity index (χ0) is 25.0. The lowest BCUT2D eigenvalue weighted by atomic mass is 10.1. The fourth-order valence-corrected chi connectivity index (χ4v) is 4.75. The Kier molecular flexibility index (Phi) is 5.13. The number of hydrogen-bond acceptors (Lipinski definition) is 5. The number of rotatable bonds is 6. The molecule has 6 rings (SSSR count). The molecule has 9 nitrogen and oxygen atoms in total. The van der Waals surface area contributed by atoms with Gasteiger partial charge in [0.1, 0.15) is 11.3 Å². The summed E-state index contributed by atoms with van der Waals surface area (Å²) in [6.07, 6.45) is 6.01. The van der Waals surface area contributed by atoms with Crippen LogP contribution in [0.25, 0.3) is 38.8 Å². The SMILES string of the molecule is CNC(=O)c1cn(CC2CC2)c2c(-c3ccc(OC)cc3)c(=O)n(-c3ccc4nn(C)cc4c3)nc12. The number of aryl methyl sites for hydroxylation is 1. The summed E-state index contributed by atoms with van der Waals surface area (Å²) in [6.45, 7) is 0.740. The summed E-state index contributed by atoms with van der Waals surface area (Å²) in [5.41, 5.74) is 4.03. The van der Waals surface area contributed by atoms with Crippen LogP contribution in [0.4, 0.5) is 0 Å². The van der Waals surface area contributed by atoms with Crippen LogP contribution in [-0.4, -0.2) is 44.2 Å². The zero-order valence-electron chi connectivity index (χ0n) is 20.4. The van der Waals surface area contributed by atoms with Gasteiger partial charge in [-0.05, 0) is 54.7 Å². The maximum Gasteiger partial charge on any atom is 0.281 e. The summed E-state index contributed by atoms with van der Waals surface area (Å²) < 4.78 is 10.5. The summed E-state index contributed by atoms with van der Waals surface area (Å²) in [5, 5.41) is 12.8. The van der Waals surface area contributed by atoms with Gasteiger partial charge >= 0.3 is 0 Å². The van der Waals surface area contributed by atoms with Crippen molar-refractivity contribution >= 4 is 27.8 Å². The molecular weight excluding hydrogens is 456 g/mol. The molecule has 0 saturated heterocycles. The van der Waals surface area contributed by atoms with Gasteiger partial charge in [0.2, 0.25) is 0 Å². The van der Waals surface area contributed by atoms with Gasteiger partial charge in [-0.15, -0.1) is 0 Å². The van der Waals surface area contributed by atoms with Crippen molar-refractivity contribution in [2.24, 2.45) is 13.0 Å². The van der Waals surface area contributed by atoms with E-state index in [0.717, 1.165) is 35.9 Å². The van der Waals surface area contributed by atoms with E-state index >= 15 is 0 Å². The molecular formula is C27H26N6O3. The minimum absolute atomic E-state index is 0.240. The largest absolute Gasteiger partial charge is 0.497 e. The highest BCUT2D eigenvalue weighted by Gasteiger charge is 2.28. The molecule has 0 aliphatic heterocycles. The first-order valence-electron chi connectivity index (χ1n) is 11.9. The average molecular weight is 483 g/mol. The molecule has 0 bridgehead atoms. The normalized spacial score (nSPS) is 13.4. The van der Waals surface area contributed by atoms with Gasteiger partial charge in [0, 0.05) is 38.4 Å². The third-order valence-corrected chi connectivity index (χ3v) is 6.74. The number of carbonyl (C=O) groups is 1. The van der Waals surface area contributed by atoms with Gasteiger partial charge in [-0.2, -0.15) is 14.9 Å². The maximum atomic E-state index is 14.1. The molecule has 3 heterocycles. The lowest BCUT2D eigenvalue weighted by Gasteiger charge is -2.13. The van der Waals surface area contributed by atoms with Crippen molar-refractivity contribution in [2.45, 2.75) is 19.4 Å². The van der Waals surface area contributed by atoms with Crippen molar-refractivity contribution in [3.8, 4) is 22.6 Å². The molecule has 1 saturated carbocycles. The Morgan fingerprint density at radius 3 is 2.58 bits per heavy atom.